The molecule has 2 aromatic carbocycles. The van der Waals surface area contributed by atoms with E-state index in [9.17, 15) is 22.8 Å². The molecule has 2 amide bonds. The van der Waals surface area contributed by atoms with E-state index in [-0.39, 0.29) is 23.0 Å². The van der Waals surface area contributed by atoms with Crippen molar-refractivity contribution in [3.05, 3.63) is 69.2 Å². The number of anilines is 1. The molecular weight excluding hydrogens is 417 g/mol. The van der Waals surface area contributed by atoms with Crippen LogP contribution in [0.2, 0.25) is 5.02 Å². The van der Waals surface area contributed by atoms with Gasteiger partial charge in [-0.2, -0.15) is 13.2 Å². The van der Waals surface area contributed by atoms with Crippen LogP contribution < -0.4 is 5.32 Å². The number of likely N-dealkylation sites (N-methyl/N-ethyl adjacent to an activating group) is 1. The molecule has 0 aliphatic rings. The summed E-state index contributed by atoms with van der Waals surface area (Å²) in [7, 11) is 1.43. The Balaban J connectivity index is 2.05. The van der Waals surface area contributed by atoms with Crippen LogP contribution in [0.25, 0.3) is 6.08 Å². The molecule has 0 saturated carbocycles. The lowest BCUT2D eigenvalue weighted by Gasteiger charge is -2.17. The molecule has 0 aromatic heterocycles. The van der Waals surface area contributed by atoms with Crippen LogP contribution in [0.4, 0.5) is 18.9 Å². The Bertz CT molecular complexity index is 977. The maximum atomic E-state index is 12.8. The smallest absolute Gasteiger partial charge is 0.333 e. The summed E-state index contributed by atoms with van der Waals surface area (Å²) in [6.07, 6.45) is -2.24. The van der Waals surface area contributed by atoms with Gasteiger partial charge < -0.3 is 10.2 Å². The van der Waals surface area contributed by atoms with Crippen molar-refractivity contribution in [3.63, 3.8) is 0 Å². The number of carbonyl (C=O) groups excluding carboxylic acids is 2. The van der Waals surface area contributed by atoms with E-state index < -0.39 is 17.6 Å². The summed E-state index contributed by atoms with van der Waals surface area (Å²) in [5.74, 6) is -0.928. The second kappa shape index (κ2) is 9.34. The molecule has 0 aliphatic carbocycles. The minimum atomic E-state index is -4.52. The number of hydrogen-bond donors (Lipinski definition) is 1. The van der Waals surface area contributed by atoms with Crippen LogP contribution in [0, 0.1) is 20.8 Å². The highest BCUT2D eigenvalue weighted by Gasteiger charge is 2.30. The predicted molar refractivity (Wildman–Crippen MR) is 112 cm³/mol. The lowest BCUT2D eigenvalue weighted by molar-refractivity contribution is -0.137. The first-order valence-electron chi connectivity index (χ1n) is 9.06. The van der Waals surface area contributed by atoms with Gasteiger partial charge in [0.1, 0.15) is 0 Å². The molecule has 30 heavy (non-hydrogen) atoms. The standard InChI is InChI=1S/C22H22ClF3N2O2/c1-13-9-14(2)21(15(3)10-13)27-19(29)12-28(4)20(30)8-5-16-11-17(22(24,25)26)6-7-18(16)23/h5-11H,12H2,1-4H3,(H,27,29)/b8-5+. The van der Waals surface area contributed by atoms with E-state index in [0.717, 1.165) is 45.9 Å². The SMILES string of the molecule is Cc1cc(C)c(NC(=O)CN(C)C(=O)/C=C/c2cc(C(F)(F)F)ccc2Cl)c(C)c1. The van der Waals surface area contributed by atoms with Gasteiger partial charge in [0.15, 0.2) is 0 Å². The number of rotatable bonds is 5. The van der Waals surface area contributed by atoms with Crippen molar-refractivity contribution in [3.8, 4) is 0 Å². The summed E-state index contributed by atoms with van der Waals surface area (Å²) in [6, 6.07) is 6.74. The minimum absolute atomic E-state index is 0.0589. The fraction of sp³-hybridized carbons (Fsp3) is 0.273. The summed E-state index contributed by atoms with van der Waals surface area (Å²) < 4.78 is 38.5. The Kier molecular flexibility index (Phi) is 7.31. The number of halogens is 4. The van der Waals surface area contributed by atoms with Crippen LogP contribution >= 0.6 is 11.6 Å². The highest BCUT2D eigenvalue weighted by molar-refractivity contribution is 6.32. The highest BCUT2D eigenvalue weighted by Crippen LogP contribution is 2.32. The Labute approximate surface area is 178 Å². The van der Waals surface area contributed by atoms with Crippen LogP contribution in [-0.2, 0) is 15.8 Å². The Morgan fingerprint density at radius 1 is 1.10 bits per heavy atom. The van der Waals surface area contributed by atoms with Gasteiger partial charge in [0, 0.05) is 23.8 Å². The lowest BCUT2D eigenvalue weighted by Crippen LogP contribution is -2.34. The van der Waals surface area contributed by atoms with Gasteiger partial charge in [0.25, 0.3) is 0 Å². The number of nitrogens with one attached hydrogen (secondary N) is 1. The highest BCUT2D eigenvalue weighted by atomic mass is 35.5. The van der Waals surface area contributed by atoms with Crippen molar-refractivity contribution in [2.75, 3.05) is 18.9 Å². The summed E-state index contributed by atoms with van der Waals surface area (Å²) in [4.78, 5) is 25.8. The number of hydrogen-bond acceptors (Lipinski definition) is 2. The summed E-state index contributed by atoms with van der Waals surface area (Å²) >= 11 is 5.92. The number of benzene rings is 2. The third kappa shape index (κ3) is 6.10. The Hall–Kier alpha value is -2.80. The van der Waals surface area contributed by atoms with E-state index in [1.807, 2.05) is 32.9 Å². The first kappa shape index (κ1) is 23.5. The van der Waals surface area contributed by atoms with Crippen molar-refractivity contribution in [1.29, 1.82) is 0 Å². The lowest BCUT2D eigenvalue weighted by atomic mass is 10.1. The molecule has 0 spiro atoms. The van der Waals surface area contributed by atoms with Gasteiger partial charge in [-0.3, -0.25) is 9.59 Å². The van der Waals surface area contributed by atoms with Crippen LogP contribution in [0.3, 0.4) is 0 Å². The van der Waals surface area contributed by atoms with Gasteiger partial charge in [-0.05, 0) is 61.7 Å². The molecular formula is C22H22ClF3N2O2. The maximum absolute atomic E-state index is 12.8. The van der Waals surface area contributed by atoms with E-state index in [0.29, 0.717) is 5.69 Å². The molecule has 0 saturated heterocycles. The van der Waals surface area contributed by atoms with Crippen molar-refractivity contribution in [1.82, 2.24) is 4.90 Å². The molecule has 0 bridgehead atoms. The molecule has 160 valence electrons. The van der Waals surface area contributed by atoms with E-state index >= 15 is 0 Å². The van der Waals surface area contributed by atoms with E-state index in [1.54, 1.807) is 0 Å². The Morgan fingerprint density at radius 3 is 2.27 bits per heavy atom. The van der Waals surface area contributed by atoms with Gasteiger partial charge >= 0.3 is 6.18 Å². The zero-order chi connectivity index (χ0) is 22.6. The molecule has 2 aromatic rings. The molecule has 0 atom stereocenters. The molecule has 0 fully saturated rings. The monoisotopic (exact) mass is 438 g/mol. The van der Waals surface area contributed by atoms with Gasteiger partial charge in [-0.25, -0.2) is 0 Å². The van der Waals surface area contributed by atoms with Gasteiger partial charge in [-0.15, -0.1) is 0 Å². The molecule has 0 aliphatic heterocycles. The summed E-state index contributed by atoms with van der Waals surface area (Å²) in [5, 5.41) is 2.88. The van der Waals surface area contributed by atoms with E-state index in [1.165, 1.54) is 13.1 Å². The molecule has 0 unspecified atom stereocenters. The fourth-order valence-corrected chi connectivity index (χ4v) is 3.17. The molecule has 4 nitrogen and oxygen atoms in total. The van der Waals surface area contributed by atoms with Crippen LogP contribution in [0.5, 0.6) is 0 Å². The maximum Gasteiger partial charge on any atom is 0.416 e. The van der Waals surface area contributed by atoms with Crippen LogP contribution in [0.1, 0.15) is 27.8 Å². The van der Waals surface area contributed by atoms with Gasteiger partial charge in [-0.1, -0.05) is 29.3 Å². The number of alkyl halides is 3. The van der Waals surface area contributed by atoms with Gasteiger partial charge in [0.2, 0.25) is 11.8 Å². The first-order valence-corrected chi connectivity index (χ1v) is 9.44. The number of carbonyl (C=O) groups is 2. The predicted octanol–water partition coefficient (Wildman–Crippen LogP) is 5.39. The number of aryl methyl sites for hydroxylation is 3. The largest absolute Gasteiger partial charge is 0.416 e. The van der Waals surface area contributed by atoms with Gasteiger partial charge in [0.05, 0.1) is 12.1 Å². The zero-order valence-corrected chi connectivity index (χ0v) is 17.8. The third-order valence-corrected chi connectivity index (χ3v) is 4.77. The number of amides is 2. The molecule has 0 heterocycles. The summed E-state index contributed by atoms with van der Waals surface area (Å²) in [5.41, 5.74) is 2.79. The van der Waals surface area contributed by atoms with E-state index in [2.05, 4.69) is 5.32 Å². The molecule has 2 rings (SSSR count). The van der Waals surface area contributed by atoms with Crippen molar-refractivity contribution in [2.24, 2.45) is 0 Å². The topological polar surface area (TPSA) is 49.4 Å². The second-order valence-corrected chi connectivity index (χ2v) is 7.49. The summed E-state index contributed by atoms with van der Waals surface area (Å²) in [6.45, 7) is 5.51. The van der Waals surface area contributed by atoms with Crippen molar-refractivity contribution >= 4 is 35.2 Å². The fourth-order valence-electron chi connectivity index (χ4n) is 2.99. The average Bonchev–Trinajstić information content (AvgIpc) is 2.62. The van der Waals surface area contributed by atoms with Crippen molar-refractivity contribution < 1.29 is 22.8 Å². The average molecular weight is 439 g/mol. The van der Waals surface area contributed by atoms with Crippen molar-refractivity contribution in [2.45, 2.75) is 26.9 Å². The van der Waals surface area contributed by atoms with E-state index in [4.69, 9.17) is 11.6 Å². The molecule has 0 radical (unpaired) electrons. The molecule has 8 heteroatoms. The third-order valence-electron chi connectivity index (χ3n) is 4.43. The minimum Gasteiger partial charge on any atom is -0.333 e. The number of nitrogens with zero attached hydrogens (tertiary/aromatic N) is 1. The first-order chi connectivity index (χ1) is 13.9. The van der Waals surface area contributed by atoms with Crippen LogP contribution in [-0.4, -0.2) is 30.3 Å². The van der Waals surface area contributed by atoms with Crippen LogP contribution in [0.15, 0.2) is 36.4 Å². The Morgan fingerprint density at radius 2 is 1.70 bits per heavy atom. The zero-order valence-electron chi connectivity index (χ0n) is 17.0. The second-order valence-electron chi connectivity index (χ2n) is 7.08. The quantitative estimate of drug-likeness (QED) is 0.636. The normalized spacial score (nSPS) is 11.6. The molecule has 1 N–H and O–H groups in total.